The number of nitrogens with zero attached hydrogens (tertiary/aromatic N) is 2. The van der Waals surface area contributed by atoms with Crippen LogP contribution in [0.3, 0.4) is 0 Å². The molecule has 0 aliphatic rings. The van der Waals surface area contributed by atoms with Crippen LogP contribution in [0.4, 0.5) is 17.1 Å². The molecule has 0 saturated carbocycles. The Bertz CT molecular complexity index is 3900. The summed E-state index contributed by atoms with van der Waals surface area (Å²) in [6.07, 6.45) is 0. The van der Waals surface area contributed by atoms with Crippen LogP contribution in [-0.4, -0.2) is 4.57 Å². The fraction of sp³-hybridized carbons (Fsp3) is 0. The molecule has 65 heavy (non-hydrogen) atoms. The standard InChI is InChI=1S/C62H40N2S/c1-2-16-41(17-3-1)42-30-33-45(34-31-42)63(46-35-36-54-53-25-11-15-29-61(53)65-62(54)40-46)60-37-32-44(39-56(60)55-38-43-18-4-5-19-47(43)49-21-6-7-22-50(49)55)48-20-8-12-26-57(48)64-58-27-13-9-23-51(58)52-24-10-14-28-59(52)64/h1-40H. The number of benzene rings is 11. The number of hydrogen-bond donors (Lipinski definition) is 0. The molecule has 0 aliphatic carbocycles. The molecule has 0 atom stereocenters. The summed E-state index contributed by atoms with van der Waals surface area (Å²) in [6.45, 7) is 0. The summed E-state index contributed by atoms with van der Waals surface area (Å²) >= 11 is 1.86. The Labute approximate surface area is 381 Å². The van der Waals surface area contributed by atoms with E-state index in [1.165, 1.54) is 85.8 Å². The van der Waals surface area contributed by atoms with Crippen LogP contribution in [0.2, 0.25) is 0 Å². The minimum Gasteiger partial charge on any atom is -0.310 e. The fourth-order valence-corrected chi connectivity index (χ4v) is 11.3. The van der Waals surface area contributed by atoms with Gasteiger partial charge in [-0.05, 0) is 111 Å². The van der Waals surface area contributed by atoms with Crippen LogP contribution in [0.15, 0.2) is 243 Å². The Hall–Kier alpha value is -8.24. The highest BCUT2D eigenvalue weighted by molar-refractivity contribution is 7.25. The van der Waals surface area contributed by atoms with Gasteiger partial charge in [0.2, 0.25) is 0 Å². The summed E-state index contributed by atoms with van der Waals surface area (Å²) in [7, 11) is 0. The van der Waals surface area contributed by atoms with E-state index in [0.29, 0.717) is 0 Å². The van der Waals surface area contributed by atoms with Gasteiger partial charge in [0, 0.05) is 53.4 Å². The number of para-hydroxylation sites is 3. The van der Waals surface area contributed by atoms with E-state index < -0.39 is 0 Å². The van der Waals surface area contributed by atoms with Crippen LogP contribution in [0, 0.1) is 0 Å². The molecule has 0 bridgehead atoms. The summed E-state index contributed by atoms with van der Waals surface area (Å²) in [5.74, 6) is 0. The topological polar surface area (TPSA) is 8.17 Å². The molecule has 13 aromatic rings. The van der Waals surface area contributed by atoms with E-state index in [4.69, 9.17) is 0 Å². The lowest BCUT2D eigenvalue weighted by Gasteiger charge is -2.29. The second kappa shape index (κ2) is 15.2. The van der Waals surface area contributed by atoms with Crippen LogP contribution in [-0.2, 0) is 0 Å². The van der Waals surface area contributed by atoms with Gasteiger partial charge in [-0.3, -0.25) is 0 Å². The number of aromatic nitrogens is 1. The highest BCUT2D eigenvalue weighted by atomic mass is 32.1. The monoisotopic (exact) mass is 844 g/mol. The number of thiophene rings is 1. The van der Waals surface area contributed by atoms with Gasteiger partial charge in [-0.25, -0.2) is 0 Å². The first-order chi connectivity index (χ1) is 32.2. The van der Waals surface area contributed by atoms with Crippen molar-refractivity contribution in [3.05, 3.63) is 243 Å². The van der Waals surface area contributed by atoms with E-state index in [9.17, 15) is 0 Å². The fourth-order valence-electron chi connectivity index (χ4n) is 10.2. The van der Waals surface area contributed by atoms with Gasteiger partial charge in [-0.1, -0.05) is 176 Å². The average Bonchev–Trinajstić information content (AvgIpc) is 3.92. The molecule has 11 aromatic carbocycles. The smallest absolute Gasteiger partial charge is 0.0541 e. The lowest BCUT2D eigenvalue weighted by Crippen LogP contribution is -2.11. The van der Waals surface area contributed by atoms with E-state index in [0.717, 1.165) is 33.9 Å². The Morgan fingerprint density at radius 1 is 0.308 bits per heavy atom. The van der Waals surface area contributed by atoms with Crippen molar-refractivity contribution in [3.8, 4) is 39.1 Å². The SMILES string of the molecule is c1ccc(-c2ccc(N(c3ccc4c(c3)sc3ccccc34)c3ccc(-c4ccccc4-n4c5ccccc5c5ccccc54)cc3-c3cc4ccccc4c4ccccc34)cc2)cc1. The Kier molecular flexibility index (Phi) is 8.75. The van der Waals surface area contributed by atoms with Crippen molar-refractivity contribution in [1.29, 1.82) is 0 Å². The Morgan fingerprint density at radius 2 is 0.877 bits per heavy atom. The normalized spacial score (nSPS) is 11.7. The van der Waals surface area contributed by atoms with E-state index in [-0.39, 0.29) is 0 Å². The van der Waals surface area contributed by atoms with Crippen LogP contribution in [0.1, 0.15) is 0 Å². The molecule has 0 amide bonds. The summed E-state index contributed by atoms with van der Waals surface area (Å²) in [5, 5.41) is 10.0. The van der Waals surface area contributed by atoms with Gasteiger partial charge in [0.1, 0.15) is 0 Å². The van der Waals surface area contributed by atoms with Crippen LogP contribution in [0.25, 0.3) is 103 Å². The number of hydrogen-bond acceptors (Lipinski definition) is 2. The van der Waals surface area contributed by atoms with Gasteiger partial charge >= 0.3 is 0 Å². The van der Waals surface area contributed by atoms with Crippen molar-refractivity contribution < 1.29 is 0 Å². The molecule has 0 spiro atoms. The van der Waals surface area contributed by atoms with Crippen molar-refractivity contribution >= 4 is 91.9 Å². The molecule has 0 fully saturated rings. The van der Waals surface area contributed by atoms with Crippen LogP contribution in [0.5, 0.6) is 0 Å². The van der Waals surface area contributed by atoms with Crippen LogP contribution >= 0.6 is 11.3 Å². The lowest BCUT2D eigenvalue weighted by atomic mass is 9.90. The molecule has 0 aliphatic heterocycles. The zero-order chi connectivity index (χ0) is 42.8. The molecule has 0 radical (unpaired) electrons. The van der Waals surface area contributed by atoms with E-state index in [2.05, 4.69) is 252 Å². The lowest BCUT2D eigenvalue weighted by molar-refractivity contribution is 1.18. The Morgan fingerprint density at radius 3 is 1.66 bits per heavy atom. The zero-order valence-electron chi connectivity index (χ0n) is 35.4. The summed E-state index contributed by atoms with van der Waals surface area (Å²) in [6, 6.07) is 89.2. The third-order valence-corrected chi connectivity index (χ3v) is 14.3. The summed E-state index contributed by atoms with van der Waals surface area (Å²) < 4.78 is 5.01. The molecule has 0 saturated heterocycles. The number of rotatable bonds is 7. The maximum Gasteiger partial charge on any atom is 0.0541 e. The van der Waals surface area contributed by atoms with E-state index in [1.54, 1.807) is 0 Å². The molecule has 3 heteroatoms. The molecule has 304 valence electrons. The van der Waals surface area contributed by atoms with Crippen molar-refractivity contribution in [2.75, 3.05) is 4.90 Å². The predicted octanol–water partition coefficient (Wildman–Crippen LogP) is 17.9. The number of anilines is 3. The highest BCUT2D eigenvalue weighted by Gasteiger charge is 2.23. The second-order valence-corrected chi connectivity index (χ2v) is 17.9. The summed E-state index contributed by atoms with van der Waals surface area (Å²) in [4.78, 5) is 2.47. The number of fused-ring (bicyclic) bond motifs is 9. The first-order valence-electron chi connectivity index (χ1n) is 22.2. The maximum absolute atomic E-state index is 2.47. The van der Waals surface area contributed by atoms with Crippen molar-refractivity contribution in [2.24, 2.45) is 0 Å². The minimum atomic E-state index is 1.09. The summed E-state index contributed by atoms with van der Waals surface area (Å²) in [5.41, 5.74) is 13.9. The van der Waals surface area contributed by atoms with Gasteiger partial charge < -0.3 is 9.47 Å². The molecule has 13 rings (SSSR count). The predicted molar refractivity (Wildman–Crippen MR) is 280 cm³/mol. The largest absolute Gasteiger partial charge is 0.310 e. The first kappa shape index (κ1) is 37.3. The van der Waals surface area contributed by atoms with Gasteiger partial charge in [-0.15, -0.1) is 11.3 Å². The van der Waals surface area contributed by atoms with Crippen LogP contribution < -0.4 is 4.90 Å². The minimum absolute atomic E-state index is 1.09. The molecular formula is C62H40N2S. The third kappa shape index (κ3) is 6.16. The van der Waals surface area contributed by atoms with Gasteiger partial charge in [-0.2, -0.15) is 0 Å². The third-order valence-electron chi connectivity index (χ3n) is 13.2. The maximum atomic E-state index is 2.47. The molecule has 0 unspecified atom stereocenters. The second-order valence-electron chi connectivity index (χ2n) is 16.8. The van der Waals surface area contributed by atoms with Gasteiger partial charge in [0.05, 0.1) is 22.4 Å². The Balaban J connectivity index is 1.09. The zero-order valence-corrected chi connectivity index (χ0v) is 36.2. The van der Waals surface area contributed by atoms with Gasteiger partial charge in [0.25, 0.3) is 0 Å². The average molecular weight is 845 g/mol. The molecule has 2 nitrogen and oxygen atoms in total. The molecule has 0 N–H and O–H groups in total. The molecular weight excluding hydrogens is 805 g/mol. The molecule has 2 aromatic heterocycles. The van der Waals surface area contributed by atoms with Crippen molar-refractivity contribution in [1.82, 2.24) is 4.57 Å². The van der Waals surface area contributed by atoms with Crippen molar-refractivity contribution in [3.63, 3.8) is 0 Å². The highest BCUT2D eigenvalue weighted by Crippen LogP contribution is 2.48. The molecule has 2 heterocycles. The van der Waals surface area contributed by atoms with Gasteiger partial charge in [0.15, 0.2) is 0 Å². The quantitative estimate of drug-likeness (QED) is 0.145. The van der Waals surface area contributed by atoms with Crippen molar-refractivity contribution in [2.45, 2.75) is 0 Å². The first-order valence-corrected chi connectivity index (χ1v) is 23.1. The van der Waals surface area contributed by atoms with E-state index >= 15 is 0 Å². The van der Waals surface area contributed by atoms with E-state index in [1.807, 2.05) is 11.3 Å².